The number of aromatic nitrogens is 1. The molecule has 0 radical (unpaired) electrons. The topological polar surface area (TPSA) is 79.0 Å². The lowest BCUT2D eigenvalue weighted by Gasteiger charge is -2.17. The van der Waals surface area contributed by atoms with Crippen molar-refractivity contribution in [1.82, 2.24) is 4.98 Å². The summed E-state index contributed by atoms with van der Waals surface area (Å²) in [5, 5.41) is 0.209. The van der Waals surface area contributed by atoms with Crippen LogP contribution in [0.3, 0.4) is 0 Å². The molecule has 2 N–H and O–H groups in total. The Morgan fingerprint density at radius 3 is 2.11 bits per heavy atom. The predicted molar refractivity (Wildman–Crippen MR) is 125 cm³/mol. The first kappa shape index (κ1) is 25.4. The van der Waals surface area contributed by atoms with E-state index in [1.807, 2.05) is 4.72 Å². The van der Waals surface area contributed by atoms with Crippen LogP contribution < -0.4 is 10.3 Å². The molecule has 5 nitrogen and oxygen atoms in total. The van der Waals surface area contributed by atoms with Crippen molar-refractivity contribution in [2.75, 3.05) is 4.72 Å². The van der Waals surface area contributed by atoms with Crippen molar-refractivity contribution < 1.29 is 30.4 Å². The molecule has 0 bridgehead atoms. The normalized spacial score (nSPS) is 12.2. The summed E-state index contributed by atoms with van der Waals surface area (Å²) in [4.78, 5) is 14.2. The standard InChI is InChI=1S/C25H19F5N2O3S/c1-2-25(29,30)19-13-23(33)31-22-8-5-15(10-18(19)22)9-14-3-6-17(7-4-14)36(34,35)32-16-11-20(26)24(28)21(27)12-16/h3-8,10-13,32H,2,9H2,1H3,(H,31,33). The summed E-state index contributed by atoms with van der Waals surface area (Å²) in [7, 11) is -4.23. The SMILES string of the molecule is CCC(F)(F)c1cc(=O)[nH]c2ccc(Cc3ccc(S(=O)(=O)Nc4cc(F)c(F)c(F)c4)cc3)cc12. The van der Waals surface area contributed by atoms with Crippen molar-refractivity contribution in [2.24, 2.45) is 0 Å². The fraction of sp³-hybridized carbons (Fsp3) is 0.160. The molecule has 4 aromatic rings. The summed E-state index contributed by atoms with van der Waals surface area (Å²) in [6.45, 7) is 1.32. The van der Waals surface area contributed by atoms with E-state index in [1.54, 1.807) is 12.1 Å². The lowest BCUT2D eigenvalue weighted by atomic mass is 9.97. The minimum absolute atomic E-state index is 0.209. The predicted octanol–water partition coefficient (Wildman–Crippen LogP) is 5.84. The molecule has 0 aliphatic rings. The van der Waals surface area contributed by atoms with Gasteiger partial charge in [-0.1, -0.05) is 25.1 Å². The number of H-pyrrole nitrogens is 1. The quantitative estimate of drug-likeness (QED) is 0.237. The Labute approximate surface area is 202 Å². The number of nitrogens with one attached hydrogen (secondary N) is 2. The van der Waals surface area contributed by atoms with Crippen molar-refractivity contribution >= 4 is 26.6 Å². The molecule has 0 amide bonds. The molecule has 36 heavy (non-hydrogen) atoms. The molecular formula is C25H19F5N2O3S. The molecule has 0 saturated heterocycles. The molecule has 0 aliphatic heterocycles. The van der Waals surface area contributed by atoms with Crippen LogP contribution in [0, 0.1) is 17.5 Å². The average Bonchev–Trinajstić information content (AvgIpc) is 2.82. The summed E-state index contributed by atoms with van der Waals surface area (Å²) >= 11 is 0. The minimum Gasteiger partial charge on any atom is -0.322 e. The number of rotatable bonds is 7. The van der Waals surface area contributed by atoms with Gasteiger partial charge in [0.15, 0.2) is 17.5 Å². The average molecular weight is 522 g/mol. The van der Waals surface area contributed by atoms with E-state index < -0.39 is 51.1 Å². The van der Waals surface area contributed by atoms with Crippen molar-refractivity contribution in [1.29, 1.82) is 0 Å². The Balaban J connectivity index is 1.59. The molecule has 0 unspecified atom stereocenters. The van der Waals surface area contributed by atoms with Crippen molar-refractivity contribution in [3.05, 3.63) is 105 Å². The number of fused-ring (bicyclic) bond motifs is 1. The fourth-order valence-electron chi connectivity index (χ4n) is 3.75. The summed E-state index contributed by atoms with van der Waals surface area (Å²) in [5.41, 5.74) is 0.0932. The van der Waals surface area contributed by atoms with Crippen LogP contribution in [0.4, 0.5) is 27.6 Å². The van der Waals surface area contributed by atoms with Crippen molar-refractivity contribution in [3.63, 3.8) is 0 Å². The maximum atomic E-state index is 14.5. The number of alkyl halides is 2. The number of benzene rings is 3. The molecule has 3 aromatic carbocycles. The zero-order chi connectivity index (χ0) is 26.3. The monoisotopic (exact) mass is 522 g/mol. The van der Waals surface area contributed by atoms with Gasteiger partial charge in [0.05, 0.1) is 10.6 Å². The van der Waals surface area contributed by atoms with Gasteiger partial charge >= 0.3 is 0 Å². The Morgan fingerprint density at radius 2 is 1.50 bits per heavy atom. The molecule has 0 atom stereocenters. The zero-order valence-corrected chi connectivity index (χ0v) is 19.5. The number of hydrogen-bond acceptors (Lipinski definition) is 3. The van der Waals surface area contributed by atoms with Crippen molar-refractivity contribution in [2.45, 2.75) is 30.6 Å². The van der Waals surface area contributed by atoms with Crippen molar-refractivity contribution in [3.8, 4) is 0 Å². The molecule has 11 heteroatoms. The Hall–Kier alpha value is -3.73. The van der Waals surface area contributed by atoms with Crippen LogP contribution in [0.5, 0.6) is 0 Å². The highest BCUT2D eigenvalue weighted by molar-refractivity contribution is 7.92. The molecular weight excluding hydrogens is 503 g/mol. The van der Waals surface area contributed by atoms with Crippen LogP contribution in [-0.2, 0) is 22.4 Å². The first-order valence-electron chi connectivity index (χ1n) is 10.7. The van der Waals surface area contributed by atoms with Gasteiger partial charge in [-0.3, -0.25) is 9.52 Å². The van der Waals surface area contributed by atoms with Gasteiger partial charge in [-0.2, -0.15) is 0 Å². The molecule has 1 heterocycles. The lowest BCUT2D eigenvalue weighted by molar-refractivity contribution is -0.00686. The summed E-state index contributed by atoms with van der Waals surface area (Å²) in [6, 6.07) is 12.2. The Bertz CT molecular complexity index is 1590. The van der Waals surface area contributed by atoms with Crippen LogP contribution in [-0.4, -0.2) is 13.4 Å². The Morgan fingerprint density at radius 1 is 0.889 bits per heavy atom. The van der Waals surface area contributed by atoms with E-state index in [4.69, 9.17) is 0 Å². The first-order valence-corrected chi connectivity index (χ1v) is 12.2. The molecule has 0 fully saturated rings. The maximum Gasteiger partial charge on any atom is 0.273 e. The minimum atomic E-state index is -4.23. The van der Waals surface area contributed by atoms with E-state index in [0.29, 0.717) is 23.3 Å². The van der Waals surface area contributed by atoms with Crippen LogP contribution >= 0.6 is 0 Å². The highest BCUT2D eigenvalue weighted by atomic mass is 32.2. The first-order chi connectivity index (χ1) is 16.9. The maximum absolute atomic E-state index is 14.5. The fourth-order valence-corrected chi connectivity index (χ4v) is 4.79. The van der Waals surface area contributed by atoms with Gasteiger partial charge in [0.2, 0.25) is 5.56 Å². The Kier molecular flexibility index (Phi) is 6.61. The van der Waals surface area contributed by atoms with Crippen LogP contribution in [0.1, 0.15) is 30.0 Å². The summed E-state index contributed by atoms with van der Waals surface area (Å²) < 4.78 is 95.9. The van der Waals surface area contributed by atoms with E-state index in [0.717, 1.165) is 6.07 Å². The van der Waals surface area contributed by atoms with Gasteiger partial charge in [-0.25, -0.2) is 30.4 Å². The highest BCUT2D eigenvalue weighted by Crippen LogP contribution is 2.35. The molecule has 0 saturated carbocycles. The van der Waals surface area contributed by atoms with E-state index in [1.165, 1.54) is 37.3 Å². The van der Waals surface area contributed by atoms with E-state index >= 15 is 0 Å². The van der Waals surface area contributed by atoms with E-state index in [-0.39, 0.29) is 27.8 Å². The third-order valence-corrected chi connectivity index (χ3v) is 7.02. The lowest BCUT2D eigenvalue weighted by Crippen LogP contribution is -2.17. The number of aromatic amines is 1. The van der Waals surface area contributed by atoms with E-state index in [2.05, 4.69) is 4.98 Å². The van der Waals surface area contributed by atoms with Gasteiger partial charge in [0, 0.05) is 41.1 Å². The molecule has 188 valence electrons. The van der Waals surface area contributed by atoms with Crippen LogP contribution in [0.25, 0.3) is 10.9 Å². The largest absolute Gasteiger partial charge is 0.322 e. The number of pyridine rings is 1. The zero-order valence-electron chi connectivity index (χ0n) is 18.7. The van der Waals surface area contributed by atoms with E-state index in [9.17, 15) is 35.2 Å². The van der Waals surface area contributed by atoms with Crippen LogP contribution in [0.2, 0.25) is 0 Å². The second-order valence-electron chi connectivity index (χ2n) is 8.17. The van der Waals surface area contributed by atoms with Gasteiger partial charge < -0.3 is 4.98 Å². The third-order valence-electron chi connectivity index (χ3n) is 5.62. The third kappa shape index (κ3) is 5.11. The summed E-state index contributed by atoms with van der Waals surface area (Å²) in [6.07, 6.45) is -0.203. The number of hydrogen-bond donors (Lipinski definition) is 2. The molecule has 1 aromatic heterocycles. The second-order valence-corrected chi connectivity index (χ2v) is 9.85. The van der Waals surface area contributed by atoms with Crippen LogP contribution in [0.15, 0.2) is 70.4 Å². The molecule has 4 rings (SSSR count). The number of halogens is 5. The summed E-state index contributed by atoms with van der Waals surface area (Å²) in [5.74, 6) is -7.98. The van der Waals surface area contributed by atoms with Gasteiger partial charge in [0.25, 0.3) is 15.9 Å². The molecule has 0 aliphatic carbocycles. The van der Waals surface area contributed by atoms with Gasteiger partial charge in [-0.05, 0) is 41.8 Å². The van der Waals surface area contributed by atoms with Gasteiger partial charge in [0.1, 0.15) is 0 Å². The highest BCUT2D eigenvalue weighted by Gasteiger charge is 2.31. The molecule has 0 spiro atoms. The number of sulfonamides is 1. The smallest absolute Gasteiger partial charge is 0.273 e. The second kappa shape index (κ2) is 9.38. The number of anilines is 1. The van der Waals surface area contributed by atoms with Gasteiger partial charge in [-0.15, -0.1) is 0 Å².